The van der Waals surface area contributed by atoms with Crippen molar-refractivity contribution in [3.8, 4) is 0 Å². The maximum atomic E-state index is 10.3. The van der Waals surface area contributed by atoms with Gasteiger partial charge < -0.3 is 4.42 Å². The fourth-order valence-electron chi connectivity index (χ4n) is 2.22. The summed E-state index contributed by atoms with van der Waals surface area (Å²) in [6.45, 7) is 0.273. The summed E-state index contributed by atoms with van der Waals surface area (Å²) in [6, 6.07) is 13.9. The van der Waals surface area contributed by atoms with E-state index in [-0.39, 0.29) is 6.54 Å². The van der Waals surface area contributed by atoms with Crippen molar-refractivity contribution in [2.75, 3.05) is 6.54 Å². The highest BCUT2D eigenvalue weighted by Gasteiger charge is 2.07. The number of furan rings is 1. The normalized spacial score (nSPS) is 11.0. The van der Waals surface area contributed by atoms with Crippen molar-refractivity contribution >= 4 is 28.3 Å². The highest BCUT2D eigenvalue weighted by Crippen LogP contribution is 2.29. The van der Waals surface area contributed by atoms with Gasteiger partial charge in [0.05, 0.1) is 6.54 Å². The highest BCUT2D eigenvalue weighted by atomic mass is 16.5. The van der Waals surface area contributed by atoms with Crippen molar-refractivity contribution in [3.05, 3.63) is 48.0 Å². The Kier molecular flexibility index (Phi) is 2.93. The predicted octanol–water partition coefficient (Wildman–Crippen LogP) is 2.98. The third-order valence-corrected chi connectivity index (χ3v) is 3.19. The third kappa shape index (κ3) is 2.18. The summed E-state index contributed by atoms with van der Waals surface area (Å²) in [7, 11) is 0. The van der Waals surface area contributed by atoms with Gasteiger partial charge in [-0.25, -0.2) is 5.06 Å². The second-order valence-electron chi connectivity index (χ2n) is 4.45. The van der Waals surface area contributed by atoms with Crippen molar-refractivity contribution in [2.24, 2.45) is 0 Å². The second-order valence-corrected chi connectivity index (χ2v) is 4.45. The third-order valence-electron chi connectivity index (χ3n) is 3.19. The molecule has 2 aromatic carbocycles. The lowest BCUT2D eigenvalue weighted by atomic mass is 10.1. The number of carbonyl (C=O) groups is 1. The van der Waals surface area contributed by atoms with Crippen molar-refractivity contribution < 1.29 is 14.4 Å². The van der Waals surface area contributed by atoms with Gasteiger partial charge in [-0.3, -0.25) is 10.0 Å². The zero-order chi connectivity index (χ0) is 13.2. The number of amides is 1. The molecule has 0 radical (unpaired) electrons. The largest absolute Gasteiger partial charge is 0.456 e. The first-order chi connectivity index (χ1) is 9.28. The molecule has 0 atom stereocenters. The van der Waals surface area contributed by atoms with E-state index in [0.717, 1.165) is 27.5 Å². The molecule has 3 aromatic rings. The van der Waals surface area contributed by atoms with Gasteiger partial charge in [-0.1, -0.05) is 30.3 Å². The van der Waals surface area contributed by atoms with E-state index >= 15 is 0 Å². The number of hydrogen-bond donors (Lipinski definition) is 1. The number of hydroxylamine groups is 2. The molecule has 0 aliphatic heterocycles. The van der Waals surface area contributed by atoms with Crippen LogP contribution in [-0.4, -0.2) is 23.2 Å². The van der Waals surface area contributed by atoms with E-state index in [1.54, 1.807) is 0 Å². The maximum Gasteiger partial charge on any atom is 0.233 e. The quantitative estimate of drug-likeness (QED) is 0.443. The number of nitrogens with zero attached hydrogens (tertiary/aromatic N) is 1. The van der Waals surface area contributed by atoms with Crippen molar-refractivity contribution in [1.82, 2.24) is 5.06 Å². The molecule has 1 amide bonds. The van der Waals surface area contributed by atoms with Crippen LogP contribution in [0.3, 0.4) is 0 Å². The van der Waals surface area contributed by atoms with Gasteiger partial charge in [0.25, 0.3) is 0 Å². The summed E-state index contributed by atoms with van der Waals surface area (Å²) in [5, 5.41) is 11.9. The molecular formula is C15H13NO3. The molecule has 1 N–H and O–H groups in total. The molecule has 3 rings (SSSR count). The number of hydrogen-bond acceptors (Lipinski definition) is 3. The van der Waals surface area contributed by atoms with Crippen LogP contribution in [-0.2, 0) is 11.2 Å². The Morgan fingerprint density at radius 1 is 1.11 bits per heavy atom. The molecule has 4 nitrogen and oxygen atoms in total. The van der Waals surface area contributed by atoms with Crippen LogP contribution in [0.4, 0.5) is 0 Å². The minimum Gasteiger partial charge on any atom is -0.456 e. The second kappa shape index (κ2) is 4.74. The topological polar surface area (TPSA) is 53.7 Å². The lowest BCUT2D eigenvalue weighted by Crippen LogP contribution is -2.19. The van der Waals surface area contributed by atoms with Crippen LogP contribution in [0.2, 0.25) is 0 Å². The fraction of sp³-hybridized carbons (Fsp3) is 0.133. The Balaban J connectivity index is 1.97. The van der Waals surface area contributed by atoms with Gasteiger partial charge in [-0.15, -0.1) is 0 Å². The number of benzene rings is 2. The molecule has 96 valence electrons. The Labute approximate surface area is 109 Å². The molecular weight excluding hydrogens is 242 g/mol. The van der Waals surface area contributed by atoms with Crippen LogP contribution in [0.1, 0.15) is 5.56 Å². The van der Waals surface area contributed by atoms with E-state index in [1.165, 1.54) is 0 Å². The maximum absolute atomic E-state index is 10.3. The Bertz CT molecular complexity index is 732. The molecule has 0 aliphatic rings. The molecule has 19 heavy (non-hydrogen) atoms. The smallest absolute Gasteiger partial charge is 0.233 e. The van der Waals surface area contributed by atoms with Crippen molar-refractivity contribution in [2.45, 2.75) is 6.42 Å². The Morgan fingerprint density at radius 2 is 1.89 bits per heavy atom. The average Bonchev–Trinajstić information content (AvgIpc) is 2.82. The van der Waals surface area contributed by atoms with Crippen LogP contribution in [0.15, 0.2) is 46.9 Å². The van der Waals surface area contributed by atoms with Crippen LogP contribution < -0.4 is 0 Å². The average molecular weight is 255 g/mol. The molecule has 0 bridgehead atoms. The molecule has 0 saturated heterocycles. The standard InChI is InChI=1S/C15H13NO3/c17-10-16(18)8-7-11-5-6-13-12-3-1-2-4-14(12)19-15(13)9-11/h1-6,9-10,18H,7-8H2. The monoisotopic (exact) mass is 255 g/mol. The van der Waals surface area contributed by atoms with Crippen molar-refractivity contribution in [1.29, 1.82) is 0 Å². The highest BCUT2D eigenvalue weighted by molar-refractivity contribution is 6.04. The summed E-state index contributed by atoms with van der Waals surface area (Å²) in [5.41, 5.74) is 2.72. The van der Waals surface area contributed by atoms with Gasteiger partial charge in [0.2, 0.25) is 6.41 Å². The summed E-state index contributed by atoms with van der Waals surface area (Å²) < 4.78 is 5.78. The first kappa shape index (κ1) is 11.7. The SMILES string of the molecule is O=CN(O)CCc1ccc2c(c1)oc1ccccc12. The van der Waals surface area contributed by atoms with Gasteiger partial charge in [-0.2, -0.15) is 0 Å². The van der Waals surface area contributed by atoms with E-state index < -0.39 is 0 Å². The zero-order valence-corrected chi connectivity index (χ0v) is 10.2. The number of para-hydroxylation sites is 1. The first-order valence-electron chi connectivity index (χ1n) is 6.09. The van der Waals surface area contributed by atoms with Gasteiger partial charge in [0, 0.05) is 10.8 Å². The summed E-state index contributed by atoms with van der Waals surface area (Å²) in [6.07, 6.45) is 0.988. The molecule has 0 fully saturated rings. The minimum absolute atomic E-state index is 0.273. The fourth-order valence-corrected chi connectivity index (χ4v) is 2.22. The Hall–Kier alpha value is -2.33. The van der Waals surface area contributed by atoms with Crippen LogP contribution in [0, 0.1) is 0 Å². The summed E-state index contributed by atoms with van der Waals surface area (Å²) in [5.74, 6) is 0. The minimum atomic E-state index is 0.273. The molecule has 1 aromatic heterocycles. The molecule has 4 heteroatoms. The van der Waals surface area contributed by atoms with Gasteiger partial charge in [0.15, 0.2) is 0 Å². The summed E-state index contributed by atoms with van der Waals surface area (Å²) in [4.78, 5) is 10.3. The first-order valence-corrected chi connectivity index (χ1v) is 6.09. The predicted molar refractivity (Wildman–Crippen MR) is 72.0 cm³/mol. The van der Waals surface area contributed by atoms with E-state index in [2.05, 4.69) is 0 Å². The molecule has 0 aliphatic carbocycles. The Morgan fingerprint density at radius 3 is 2.74 bits per heavy atom. The van der Waals surface area contributed by atoms with Crippen LogP contribution >= 0.6 is 0 Å². The molecule has 0 spiro atoms. The van der Waals surface area contributed by atoms with E-state index in [1.807, 2.05) is 42.5 Å². The van der Waals surface area contributed by atoms with E-state index in [4.69, 9.17) is 9.62 Å². The van der Waals surface area contributed by atoms with Gasteiger partial charge in [-0.05, 0) is 24.1 Å². The molecule has 0 saturated carbocycles. The van der Waals surface area contributed by atoms with E-state index in [9.17, 15) is 4.79 Å². The van der Waals surface area contributed by atoms with Gasteiger partial charge >= 0.3 is 0 Å². The molecule has 0 unspecified atom stereocenters. The molecule has 1 heterocycles. The van der Waals surface area contributed by atoms with Crippen LogP contribution in [0.25, 0.3) is 21.9 Å². The zero-order valence-electron chi connectivity index (χ0n) is 10.2. The number of rotatable bonds is 4. The summed E-state index contributed by atoms with van der Waals surface area (Å²) >= 11 is 0. The van der Waals surface area contributed by atoms with E-state index in [0.29, 0.717) is 17.9 Å². The lowest BCUT2D eigenvalue weighted by molar-refractivity contribution is -0.149. The van der Waals surface area contributed by atoms with Crippen molar-refractivity contribution in [3.63, 3.8) is 0 Å². The lowest BCUT2D eigenvalue weighted by Gasteiger charge is -2.07. The van der Waals surface area contributed by atoms with Crippen LogP contribution in [0.5, 0.6) is 0 Å². The van der Waals surface area contributed by atoms with Gasteiger partial charge in [0.1, 0.15) is 11.2 Å². The number of carbonyl (C=O) groups excluding carboxylic acids is 1. The number of fused-ring (bicyclic) bond motifs is 3.